The molecular formula is C25H23N5O5S3. The van der Waals surface area contributed by atoms with Crippen LogP contribution in [-0.4, -0.2) is 61.6 Å². The predicted octanol–water partition coefficient (Wildman–Crippen LogP) is 3.65. The minimum atomic E-state index is -4.23. The molecule has 0 aliphatic carbocycles. The Bertz CT molecular complexity index is 1730. The highest BCUT2D eigenvalue weighted by Gasteiger charge is 2.39. The second-order valence-electron chi connectivity index (χ2n) is 8.67. The minimum Gasteiger partial charge on any atom is -0.422 e. The maximum Gasteiger partial charge on any atom is 0.279 e. The molecule has 0 amide bonds. The van der Waals surface area contributed by atoms with Crippen molar-refractivity contribution in [3.05, 3.63) is 70.9 Å². The minimum absolute atomic E-state index is 0.0219. The first-order valence-electron chi connectivity index (χ1n) is 11.6. The van der Waals surface area contributed by atoms with Crippen molar-refractivity contribution in [2.75, 3.05) is 26.2 Å². The van der Waals surface area contributed by atoms with Crippen LogP contribution in [0.4, 0.5) is 0 Å². The van der Waals surface area contributed by atoms with Gasteiger partial charge in [-0.3, -0.25) is 0 Å². The highest BCUT2D eigenvalue weighted by Crippen LogP contribution is 2.35. The fourth-order valence-corrected chi connectivity index (χ4v) is 8.33. The topological polar surface area (TPSA) is 137 Å². The van der Waals surface area contributed by atoms with Crippen molar-refractivity contribution in [1.29, 1.82) is 5.26 Å². The van der Waals surface area contributed by atoms with Gasteiger partial charge in [0.05, 0.1) is 9.88 Å². The summed E-state index contributed by atoms with van der Waals surface area (Å²) in [6, 6.07) is 18.1. The zero-order chi connectivity index (χ0) is 27.1. The van der Waals surface area contributed by atoms with E-state index in [1.165, 1.54) is 15.6 Å². The third-order valence-corrected chi connectivity index (χ3v) is 10.9. The van der Waals surface area contributed by atoms with Crippen LogP contribution < -0.4 is 0 Å². The summed E-state index contributed by atoms with van der Waals surface area (Å²) < 4.78 is 61.8. The molecule has 0 bridgehead atoms. The Morgan fingerprint density at radius 3 is 2.05 bits per heavy atom. The van der Waals surface area contributed by atoms with E-state index in [1.807, 2.05) is 49.4 Å². The molecule has 1 saturated heterocycles. The van der Waals surface area contributed by atoms with Crippen LogP contribution in [0.1, 0.15) is 16.3 Å². The van der Waals surface area contributed by atoms with Gasteiger partial charge in [0.25, 0.3) is 25.1 Å². The molecular weight excluding hydrogens is 547 g/mol. The molecule has 2 aromatic carbocycles. The molecule has 13 heteroatoms. The molecule has 0 atom stereocenters. The second-order valence-corrected chi connectivity index (χ2v) is 13.6. The molecule has 1 fully saturated rings. The van der Waals surface area contributed by atoms with Gasteiger partial charge in [-0.1, -0.05) is 48.0 Å². The quantitative estimate of drug-likeness (QED) is 0.343. The highest BCUT2D eigenvalue weighted by molar-refractivity contribution is 7.89. The number of nitrogens with zero attached hydrogens (tertiary/aromatic N) is 5. The van der Waals surface area contributed by atoms with Crippen molar-refractivity contribution >= 4 is 31.4 Å². The molecule has 3 heterocycles. The van der Waals surface area contributed by atoms with Crippen LogP contribution >= 0.6 is 11.3 Å². The van der Waals surface area contributed by atoms with E-state index in [2.05, 4.69) is 9.97 Å². The molecule has 4 aromatic rings. The molecule has 0 radical (unpaired) electrons. The van der Waals surface area contributed by atoms with E-state index in [-0.39, 0.29) is 42.8 Å². The highest BCUT2D eigenvalue weighted by atomic mass is 32.2. The molecule has 10 nitrogen and oxygen atoms in total. The summed E-state index contributed by atoms with van der Waals surface area (Å²) in [4.78, 5) is 8.93. The van der Waals surface area contributed by atoms with Gasteiger partial charge in [0.15, 0.2) is 10.7 Å². The fourth-order valence-electron chi connectivity index (χ4n) is 4.12. The average molecular weight is 570 g/mol. The fraction of sp³-hybridized carbons (Fsp3) is 0.240. The molecule has 0 saturated carbocycles. The summed E-state index contributed by atoms with van der Waals surface area (Å²) in [5.74, 6) is 0.0219. The first-order valence-corrected chi connectivity index (χ1v) is 15.3. The van der Waals surface area contributed by atoms with E-state index < -0.39 is 25.1 Å². The summed E-state index contributed by atoms with van der Waals surface area (Å²) in [5.41, 5.74) is 1.94. The Morgan fingerprint density at radius 2 is 1.45 bits per heavy atom. The second kappa shape index (κ2) is 10.0. The average Bonchev–Trinajstić information content (AvgIpc) is 3.54. The number of aryl methyl sites for hydroxylation is 2. The van der Waals surface area contributed by atoms with Crippen molar-refractivity contribution in [1.82, 2.24) is 18.6 Å². The summed E-state index contributed by atoms with van der Waals surface area (Å²) >= 11 is 1.29. The lowest BCUT2D eigenvalue weighted by Gasteiger charge is -2.32. The van der Waals surface area contributed by atoms with Gasteiger partial charge in [0, 0.05) is 31.7 Å². The summed E-state index contributed by atoms with van der Waals surface area (Å²) in [6.45, 7) is 3.28. The zero-order valence-electron chi connectivity index (χ0n) is 20.5. The van der Waals surface area contributed by atoms with E-state index in [4.69, 9.17) is 4.42 Å². The number of hydrogen-bond donors (Lipinski definition) is 0. The molecule has 196 valence electrons. The van der Waals surface area contributed by atoms with Gasteiger partial charge >= 0.3 is 0 Å². The van der Waals surface area contributed by atoms with Crippen LogP contribution in [0.25, 0.3) is 21.9 Å². The Morgan fingerprint density at radius 1 is 0.842 bits per heavy atom. The van der Waals surface area contributed by atoms with E-state index in [9.17, 15) is 22.1 Å². The van der Waals surface area contributed by atoms with Crippen LogP contribution in [-0.2, 0) is 20.0 Å². The van der Waals surface area contributed by atoms with Crippen LogP contribution in [0.15, 0.2) is 69.1 Å². The standard InChI is InChI=1S/C25H23N5O5S3/c1-17-8-10-20(11-9-17)23-28-21(16-26)25(35-23)38(33,34)30-14-12-29(13-15-30)37(31,32)24-22(36-18(2)27-24)19-6-4-3-5-7-19/h3-11H,12-15H2,1-2H3. The summed E-state index contributed by atoms with van der Waals surface area (Å²) in [7, 11) is -8.21. The van der Waals surface area contributed by atoms with Crippen LogP contribution in [0, 0.1) is 25.2 Å². The van der Waals surface area contributed by atoms with Gasteiger partial charge in [-0.25, -0.2) is 21.8 Å². The predicted molar refractivity (Wildman–Crippen MR) is 141 cm³/mol. The van der Waals surface area contributed by atoms with Gasteiger partial charge in [-0.2, -0.15) is 18.9 Å². The maximum absolute atomic E-state index is 13.5. The Kier molecular flexibility index (Phi) is 6.93. The summed E-state index contributed by atoms with van der Waals surface area (Å²) in [6.07, 6.45) is 0. The van der Waals surface area contributed by atoms with E-state index in [0.29, 0.717) is 15.4 Å². The molecule has 0 spiro atoms. The lowest BCUT2D eigenvalue weighted by Crippen LogP contribution is -2.50. The van der Waals surface area contributed by atoms with Gasteiger partial charge in [0.2, 0.25) is 5.89 Å². The number of sulfonamides is 2. The third kappa shape index (κ3) is 4.77. The number of piperazine rings is 1. The van der Waals surface area contributed by atoms with Crippen molar-refractivity contribution < 1.29 is 21.3 Å². The molecule has 1 aliphatic heterocycles. The first kappa shape index (κ1) is 26.2. The number of oxazole rings is 1. The number of nitriles is 1. The van der Waals surface area contributed by atoms with Crippen molar-refractivity contribution in [2.45, 2.75) is 24.0 Å². The SMILES string of the molecule is Cc1ccc(-c2nc(C#N)c(S(=O)(=O)N3CCN(S(=O)(=O)c4nc(C)sc4-c4ccccc4)CC3)o2)cc1. The number of aromatic nitrogens is 2. The number of thiazole rings is 1. The Balaban J connectivity index is 1.38. The molecule has 38 heavy (non-hydrogen) atoms. The smallest absolute Gasteiger partial charge is 0.279 e. The van der Waals surface area contributed by atoms with Gasteiger partial charge in [0.1, 0.15) is 6.07 Å². The van der Waals surface area contributed by atoms with Crippen LogP contribution in [0.2, 0.25) is 0 Å². The third-order valence-electron chi connectivity index (χ3n) is 6.10. The lowest BCUT2D eigenvalue weighted by atomic mass is 10.1. The largest absolute Gasteiger partial charge is 0.422 e. The van der Waals surface area contributed by atoms with Crippen molar-refractivity contribution in [2.24, 2.45) is 0 Å². The van der Waals surface area contributed by atoms with Gasteiger partial charge < -0.3 is 4.42 Å². The maximum atomic E-state index is 13.5. The van der Waals surface area contributed by atoms with Crippen LogP contribution in [0.3, 0.4) is 0 Å². The number of benzene rings is 2. The normalized spacial score (nSPS) is 15.4. The van der Waals surface area contributed by atoms with Gasteiger partial charge in [-0.15, -0.1) is 11.3 Å². The molecule has 0 N–H and O–H groups in total. The molecule has 1 aliphatic rings. The Labute approximate surface area is 224 Å². The van der Waals surface area contributed by atoms with Crippen molar-refractivity contribution in [3.8, 4) is 28.0 Å². The molecule has 2 aromatic heterocycles. The van der Waals surface area contributed by atoms with Crippen LogP contribution in [0.5, 0.6) is 0 Å². The summed E-state index contributed by atoms with van der Waals surface area (Å²) in [5, 5.41) is 9.56. The lowest BCUT2D eigenvalue weighted by molar-refractivity contribution is 0.267. The Hall–Kier alpha value is -3.41. The van der Waals surface area contributed by atoms with E-state index >= 15 is 0 Å². The molecule has 5 rings (SSSR count). The number of rotatable bonds is 6. The van der Waals surface area contributed by atoms with Gasteiger partial charge in [-0.05, 0) is 31.5 Å². The first-order chi connectivity index (χ1) is 18.1. The van der Waals surface area contributed by atoms with E-state index in [0.717, 1.165) is 15.4 Å². The molecule has 0 unspecified atom stereocenters. The van der Waals surface area contributed by atoms with Crippen molar-refractivity contribution in [3.63, 3.8) is 0 Å². The zero-order valence-corrected chi connectivity index (χ0v) is 23.0. The number of hydrogen-bond acceptors (Lipinski definition) is 9. The van der Waals surface area contributed by atoms with E-state index in [1.54, 1.807) is 25.1 Å². The monoisotopic (exact) mass is 569 g/mol.